The van der Waals surface area contributed by atoms with E-state index >= 15 is 0 Å². The smallest absolute Gasteiger partial charge is 0.131 e. The van der Waals surface area contributed by atoms with Crippen LogP contribution < -0.4 is 9.47 Å². The van der Waals surface area contributed by atoms with Crippen molar-refractivity contribution < 1.29 is 9.47 Å². The van der Waals surface area contributed by atoms with Gasteiger partial charge in [0.1, 0.15) is 11.5 Å². The second kappa shape index (κ2) is 5.29. The third-order valence-electron chi connectivity index (χ3n) is 3.48. The normalized spacial score (nSPS) is 10.7. The third-order valence-corrected chi connectivity index (χ3v) is 3.48. The second-order valence-electron chi connectivity index (χ2n) is 4.69. The fourth-order valence-corrected chi connectivity index (χ4v) is 2.44. The standard InChI is InChI=1S/C17H17NO2/c1-19-14-10-16-15(17(11-14)20-2)8-9-18(16)12-13-6-4-3-5-7-13/h3-11H,12H2,1-2H3. The molecule has 0 amide bonds. The van der Waals surface area contributed by atoms with Gasteiger partial charge in [-0.15, -0.1) is 0 Å². The summed E-state index contributed by atoms with van der Waals surface area (Å²) in [6.07, 6.45) is 2.08. The van der Waals surface area contributed by atoms with Crippen LogP contribution in [-0.2, 0) is 6.54 Å². The SMILES string of the molecule is COc1cc(OC)c2ccn(Cc3ccccc3)c2c1. The van der Waals surface area contributed by atoms with Gasteiger partial charge >= 0.3 is 0 Å². The maximum Gasteiger partial charge on any atom is 0.131 e. The maximum atomic E-state index is 5.44. The van der Waals surface area contributed by atoms with Crippen molar-refractivity contribution in [2.45, 2.75) is 6.54 Å². The topological polar surface area (TPSA) is 23.4 Å². The number of nitrogens with zero attached hydrogens (tertiary/aromatic N) is 1. The first-order chi connectivity index (χ1) is 9.81. The molecule has 20 heavy (non-hydrogen) atoms. The maximum absolute atomic E-state index is 5.44. The zero-order valence-corrected chi connectivity index (χ0v) is 11.7. The Labute approximate surface area is 118 Å². The van der Waals surface area contributed by atoms with E-state index < -0.39 is 0 Å². The number of fused-ring (bicyclic) bond motifs is 1. The number of hydrogen-bond acceptors (Lipinski definition) is 2. The van der Waals surface area contributed by atoms with Gasteiger partial charge in [0.15, 0.2) is 0 Å². The van der Waals surface area contributed by atoms with Crippen LogP contribution >= 0.6 is 0 Å². The zero-order valence-electron chi connectivity index (χ0n) is 11.7. The summed E-state index contributed by atoms with van der Waals surface area (Å²) in [6.45, 7) is 0.834. The Balaban J connectivity index is 2.08. The molecule has 1 heterocycles. The minimum absolute atomic E-state index is 0.808. The van der Waals surface area contributed by atoms with E-state index in [1.807, 2.05) is 18.2 Å². The molecule has 3 rings (SSSR count). The van der Waals surface area contributed by atoms with E-state index in [-0.39, 0.29) is 0 Å². The van der Waals surface area contributed by atoms with E-state index in [0.29, 0.717) is 0 Å². The molecule has 0 spiro atoms. The molecule has 102 valence electrons. The predicted molar refractivity (Wildman–Crippen MR) is 80.6 cm³/mol. The van der Waals surface area contributed by atoms with Gasteiger partial charge < -0.3 is 14.0 Å². The van der Waals surface area contributed by atoms with Gasteiger partial charge in [-0.3, -0.25) is 0 Å². The second-order valence-corrected chi connectivity index (χ2v) is 4.69. The highest BCUT2D eigenvalue weighted by Gasteiger charge is 2.09. The van der Waals surface area contributed by atoms with E-state index in [2.05, 4.69) is 41.1 Å². The molecule has 0 aliphatic carbocycles. The van der Waals surface area contributed by atoms with Crippen molar-refractivity contribution in [3.05, 3.63) is 60.3 Å². The molecule has 0 radical (unpaired) electrons. The van der Waals surface area contributed by atoms with Crippen LogP contribution in [0, 0.1) is 0 Å². The van der Waals surface area contributed by atoms with Crippen LogP contribution in [0.3, 0.4) is 0 Å². The zero-order chi connectivity index (χ0) is 13.9. The van der Waals surface area contributed by atoms with Crippen molar-refractivity contribution in [2.75, 3.05) is 14.2 Å². The molecule has 0 N–H and O–H groups in total. The number of hydrogen-bond donors (Lipinski definition) is 0. The van der Waals surface area contributed by atoms with E-state index in [1.54, 1.807) is 14.2 Å². The van der Waals surface area contributed by atoms with Gasteiger partial charge in [0.05, 0.1) is 19.7 Å². The van der Waals surface area contributed by atoms with Gasteiger partial charge in [0, 0.05) is 30.3 Å². The molecule has 0 aliphatic heterocycles. The van der Waals surface area contributed by atoms with Gasteiger partial charge in [-0.05, 0) is 11.6 Å². The Morgan fingerprint density at radius 2 is 1.75 bits per heavy atom. The first-order valence-electron chi connectivity index (χ1n) is 6.56. The molecule has 3 heteroatoms. The van der Waals surface area contributed by atoms with Gasteiger partial charge in [-0.25, -0.2) is 0 Å². The van der Waals surface area contributed by atoms with Crippen molar-refractivity contribution in [1.29, 1.82) is 0 Å². The highest BCUT2D eigenvalue weighted by atomic mass is 16.5. The summed E-state index contributed by atoms with van der Waals surface area (Å²) < 4.78 is 13.0. The third kappa shape index (κ3) is 2.23. The average Bonchev–Trinajstić information content (AvgIpc) is 2.90. The summed E-state index contributed by atoms with van der Waals surface area (Å²) in [7, 11) is 3.35. The van der Waals surface area contributed by atoms with Crippen molar-refractivity contribution in [3.63, 3.8) is 0 Å². The molecular formula is C17H17NO2. The summed E-state index contributed by atoms with van der Waals surface area (Å²) in [6, 6.07) is 16.4. The molecule has 1 aromatic heterocycles. The molecule has 0 saturated carbocycles. The van der Waals surface area contributed by atoms with Gasteiger partial charge in [0.25, 0.3) is 0 Å². The number of ether oxygens (including phenoxy) is 2. The number of benzene rings is 2. The van der Waals surface area contributed by atoms with Crippen molar-refractivity contribution in [3.8, 4) is 11.5 Å². The lowest BCUT2D eigenvalue weighted by atomic mass is 10.2. The fourth-order valence-electron chi connectivity index (χ4n) is 2.44. The van der Waals surface area contributed by atoms with Crippen molar-refractivity contribution in [2.24, 2.45) is 0 Å². The largest absolute Gasteiger partial charge is 0.497 e. The van der Waals surface area contributed by atoms with E-state index in [1.165, 1.54) is 5.56 Å². The molecule has 3 nitrogen and oxygen atoms in total. The Bertz CT molecular complexity index is 716. The summed E-state index contributed by atoms with van der Waals surface area (Å²) in [5.74, 6) is 1.65. The molecule has 0 bridgehead atoms. The van der Waals surface area contributed by atoms with Crippen LogP contribution in [0.15, 0.2) is 54.7 Å². The monoisotopic (exact) mass is 267 g/mol. The minimum atomic E-state index is 0.808. The Kier molecular flexibility index (Phi) is 3.33. The summed E-state index contributed by atoms with van der Waals surface area (Å²) >= 11 is 0. The number of aromatic nitrogens is 1. The predicted octanol–water partition coefficient (Wildman–Crippen LogP) is 3.71. The molecule has 3 aromatic rings. The summed E-state index contributed by atoms with van der Waals surface area (Å²) in [5.41, 5.74) is 2.39. The molecule has 0 aliphatic rings. The molecule has 0 fully saturated rings. The first-order valence-corrected chi connectivity index (χ1v) is 6.56. The van der Waals surface area contributed by atoms with Crippen LogP contribution in [0.5, 0.6) is 11.5 Å². The minimum Gasteiger partial charge on any atom is -0.497 e. The molecule has 0 unspecified atom stereocenters. The van der Waals surface area contributed by atoms with Crippen LogP contribution in [-0.4, -0.2) is 18.8 Å². The molecule has 2 aromatic carbocycles. The van der Waals surface area contributed by atoms with Crippen molar-refractivity contribution in [1.82, 2.24) is 4.57 Å². The highest BCUT2D eigenvalue weighted by Crippen LogP contribution is 2.32. The lowest BCUT2D eigenvalue weighted by Gasteiger charge is -2.09. The number of methoxy groups -OCH3 is 2. The van der Waals surface area contributed by atoms with Gasteiger partial charge in [-0.2, -0.15) is 0 Å². The lowest BCUT2D eigenvalue weighted by molar-refractivity contribution is 0.398. The average molecular weight is 267 g/mol. The van der Waals surface area contributed by atoms with E-state index in [9.17, 15) is 0 Å². The highest BCUT2D eigenvalue weighted by molar-refractivity contribution is 5.88. The summed E-state index contributed by atoms with van der Waals surface area (Å²) in [5, 5.41) is 1.10. The van der Waals surface area contributed by atoms with E-state index in [0.717, 1.165) is 28.9 Å². The molecular weight excluding hydrogens is 250 g/mol. The molecule has 0 atom stereocenters. The van der Waals surface area contributed by atoms with Crippen LogP contribution in [0.4, 0.5) is 0 Å². The summed E-state index contributed by atoms with van der Waals surface area (Å²) in [4.78, 5) is 0. The van der Waals surface area contributed by atoms with Gasteiger partial charge in [-0.1, -0.05) is 30.3 Å². The molecule has 0 saturated heterocycles. The van der Waals surface area contributed by atoms with Crippen LogP contribution in [0.2, 0.25) is 0 Å². The van der Waals surface area contributed by atoms with Crippen molar-refractivity contribution >= 4 is 10.9 Å². The van der Waals surface area contributed by atoms with E-state index in [4.69, 9.17) is 9.47 Å². The van der Waals surface area contributed by atoms with Gasteiger partial charge in [0.2, 0.25) is 0 Å². The quantitative estimate of drug-likeness (QED) is 0.719. The fraction of sp³-hybridized carbons (Fsp3) is 0.176. The van der Waals surface area contributed by atoms with Crippen LogP contribution in [0.1, 0.15) is 5.56 Å². The Morgan fingerprint density at radius 3 is 2.45 bits per heavy atom. The van der Waals surface area contributed by atoms with Crippen LogP contribution in [0.25, 0.3) is 10.9 Å². The Hall–Kier alpha value is -2.42. The first kappa shape index (κ1) is 12.6. The number of rotatable bonds is 4. The lowest BCUT2D eigenvalue weighted by Crippen LogP contribution is -1.98. The Morgan fingerprint density at radius 1 is 0.950 bits per heavy atom.